The van der Waals surface area contributed by atoms with Crippen molar-refractivity contribution in [3.05, 3.63) is 30.1 Å². The van der Waals surface area contributed by atoms with Crippen molar-refractivity contribution in [3.8, 4) is 0 Å². The molecule has 0 heterocycles. The number of esters is 1. The Labute approximate surface area is 90.6 Å². The molecule has 0 fully saturated rings. The van der Waals surface area contributed by atoms with Gasteiger partial charge in [0.15, 0.2) is 0 Å². The Morgan fingerprint density at radius 1 is 1.47 bits per heavy atom. The quantitative estimate of drug-likeness (QED) is 0.590. The second-order valence-corrected chi connectivity index (χ2v) is 3.76. The van der Waals surface area contributed by atoms with Crippen molar-refractivity contribution in [1.82, 2.24) is 0 Å². The Hall–Kier alpha value is -1.10. The standard InChI is InChI=1S/C10H10F2O2S/c1-2-14-10(13)9(12)15-8-5-3-7(11)4-6-8/h3-6,9H,2H2,1H3. The van der Waals surface area contributed by atoms with Crippen LogP contribution < -0.4 is 0 Å². The molecule has 0 amide bonds. The number of ether oxygens (including phenoxy) is 1. The van der Waals surface area contributed by atoms with Crippen LogP contribution >= 0.6 is 11.8 Å². The number of carbonyl (C=O) groups is 1. The van der Waals surface area contributed by atoms with Crippen molar-refractivity contribution in [2.75, 3.05) is 6.61 Å². The van der Waals surface area contributed by atoms with Gasteiger partial charge in [0.05, 0.1) is 6.61 Å². The molecule has 0 saturated carbocycles. The highest BCUT2D eigenvalue weighted by atomic mass is 32.2. The first-order valence-electron chi connectivity index (χ1n) is 4.36. The molecule has 0 N–H and O–H groups in total. The van der Waals surface area contributed by atoms with Crippen LogP contribution in [0.1, 0.15) is 6.92 Å². The summed E-state index contributed by atoms with van der Waals surface area (Å²) in [6.45, 7) is 1.75. The number of thioether (sulfide) groups is 1. The molecule has 0 aliphatic carbocycles. The van der Waals surface area contributed by atoms with E-state index in [1.54, 1.807) is 6.92 Å². The molecule has 2 nitrogen and oxygen atoms in total. The van der Waals surface area contributed by atoms with Gasteiger partial charge in [0, 0.05) is 4.90 Å². The van der Waals surface area contributed by atoms with Crippen molar-refractivity contribution in [3.63, 3.8) is 0 Å². The molecule has 0 aromatic heterocycles. The Bertz CT molecular complexity index is 327. The Morgan fingerprint density at radius 3 is 2.60 bits per heavy atom. The van der Waals surface area contributed by atoms with Gasteiger partial charge in [0.25, 0.3) is 0 Å². The molecule has 5 heteroatoms. The molecule has 1 atom stereocenters. The number of benzene rings is 1. The Balaban J connectivity index is 2.54. The highest BCUT2D eigenvalue weighted by Crippen LogP contribution is 2.25. The molecule has 0 aliphatic heterocycles. The Morgan fingerprint density at radius 2 is 2.07 bits per heavy atom. The number of rotatable bonds is 4. The lowest BCUT2D eigenvalue weighted by Crippen LogP contribution is -2.15. The molecular formula is C10H10F2O2S. The number of halogens is 2. The molecule has 1 rings (SSSR count). The third-order valence-electron chi connectivity index (χ3n) is 1.53. The first-order chi connectivity index (χ1) is 7.13. The van der Waals surface area contributed by atoms with Crippen molar-refractivity contribution >= 4 is 17.7 Å². The van der Waals surface area contributed by atoms with E-state index >= 15 is 0 Å². The zero-order valence-electron chi connectivity index (χ0n) is 8.07. The zero-order chi connectivity index (χ0) is 11.3. The third-order valence-corrected chi connectivity index (χ3v) is 2.47. The molecule has 0 aliphatic rings. The summed E-state index contributed by atoms with van der Waals surface area (Å²) in [5, 5.41) is 0. The van der Waals surface area contributed by atoms with Gasteiger partial charge in [-0.2, -0.15) is 0 Å². The second kappa shape index (κ2) is 5.70. The number of carbonyl (C=O) groups excluding carboxylic acids is 1. The predicted octanol–water partition coefficient (Wildman–Crippen LogP) is 2.78. The van der Waals surface area contributed by atoms with Gasteiger partial charge in [-0.25, -0.2) is 13.6 Å². The van der Waals surface area contributed by atoms with Gasteiger partial charge in [-0.15, -0.1) is 0 Å². The molecule has 0 spiro atoms. The lowest BCUT2D eigenvalue weighted by atomic mass is 10.4. The van der Waals surface area contributed by atoms with Gasteiger partial charge >= 0.3 is 5.97 Å². The smallest absolute Gasteiger partial charge is 0.351 e. The summed E-state index contributed by atoms with van der Waals surface area (Å²) in [6, 6.07) is 5.23. The van der Waals surface area contributed by atoms with Gasteiger partial charge in [0.1, 0.15) is 5.82 Å². The highest BCUT2D eigenvalue weighted by Gasteiger charge is 2.19. The Kier molecular flexibility index (Phi) is 4.55. The van der Waals surface area contributed by atoms with Crippen LogP contribution in [0.2, 0.25) is 0 Å². The molecule has 0 bridgehead atoms. The normalized spacial score (nSPS) is 12.2. The van der Waals surface area contributed by atoms with Crippen LogP contribution in [0.5, 0.6) is 0 Å². The average Bonchev–Trinajstić information content (AvgIpc) is 2.22. The van der Waals surface area contributed by atoms with Crippen LogP contribution in [-0.4, -0.2) is 18.1 Å². The molecule has 0 radical (unpaired) electrons. The summed E-state index contributed by atoms with van der Waals surface area (Å²) in [4.78, 5) is 11.4. The fraction of sp³-hybridized carbons (Fsp3) is 0.300. The van der Waals surface area contributed by atoms with Crippen LogP contribution in [0, 0.1) is 5.82 Å². The van der Waals surface area contributed by atoms with E-state index in [2.05, 4.69) is 4.74 Å². The lowest BCUT2D eigenvalue weighted by molar-refractivity contribution is -0.145. The van der Waals surface area contributed by atoms with Crippen LogP contribution in [0.15, 0.2) is 29.2 Å². The molecule has 1 aromatic carbocycles. The molecular weight excluding hydrogens is 222 g/mol. The number of alkyl halides is 1. The van der Waals surface area contributed by atoms with E-state index in [0.29, 0.717) is 16.7 Å². The van der Waals surface area contributed by atoms with Crippen molar-refractivity contribution in [1.29, 1.82) is 0 Å². The molecule has 1 aromatic rings. The van der Waals surface area contributed by atoms with Crippen molar-refractivity contribution in [2.24, 2.45) is 0 Å². The van der Waals surface area contributed by atoms with Gasteiger partial charge in [0.2, 0.25) is 5.50 Å². The van der Waals surface area contributed by atoms with E-state index in [9.17, 15) is 13.6 Å². The number of hydrogen-bond acceptors (Lipinski definition) is 3. The predicted molar refractivity (Wildman–Crippen MR) is 53.8 cm³/mol. The van der Waals surface area contributed by atoms with E-state index in [1.807, 2.05) is 0 Å². The zero-order valence-corrected chi connectivity index (χ0v) is 8.89. The maximum Gasteiger partial charge on any atom is 0.351 e. The van der Waals surface area contributed by atoms with Crippen molar-refractivity contribution in [2.45, 2.75) is 17.3 Å². The van der Waals surface area contributed by atoms with E-state index in [0.717, 1.165) is 0 Å². The van der Waals surface area contributed by atoms with Crippen LogP contribution in [-0.2, 0) is 9.53 Å². The molecule has 82 valence electrons. The van der Waals surface area contributed by atoms with Crippen molar-refractivity contribution < 1.29 is 18.3 Å². The largest absolute Gasteiger partial charge is 0.463 e. The van der Waals surface area contributed by atoms with E-state index in [4.69, 9.17) is 0 Å². The maximum atomic E-state index is 13.2. The number of hydrogen-bond donors (Lipinski definition) is 0. The minimum absolute atomic E-state index is 0.142. The minimum atomic E-state index is -1.77. The molecule has 0 saturated heterocycles. The summed E-state index contributed by atoms with van der Waals surface area (Å²) in [6.07, 6.45) is 0. The highest BCUT2D eigenvalue weighted by molar-refractivity contribution is 8.00. The summed E-state index contributed by atoms with van der Waals surface area (Å²) >= 11 is 0.692. The topological polar surface area (TPSA) is 26.3 Å². The van der Waals surface area contributed by atoms with E-state index in [-0.39, 0.29) is 6.61 Å². The average molecular weight is 232 g/mol. The third kappa shape index (κ3) is 3.87. The fourth-order valence-electron chi connectivity index (χ4n) is 0.889. The van der Waals surface area contributed by atoms with E-state index < -0.39 is 17.3 Å². The van der Waals surface area contributed by atoms with Gasteiger partial charge < -0.3 is 4.74 Å². The van der Waals surface area contributed by atoms with Crippen LogP contribution in [0.4, 0.5) is 8.78 Å². The van der Waals surface area contributed by atoms with Crippen LogP contribution in [0.3, 0.4) is 0 Å². The lowest BCUT2D eigenvalue weighted by Gasteiger charge is -2.06. The fourth-order valence-corrected chi connectivity index (χ4v) is 1.58. The molecule has 15 heavy (non-hydrogen) atoms. The van der Waals surface area contributed by atoms with Gasteiger partial charge in [-0.3, -0.25) is 0 Å². The van der Waals surface area contributed by atoms with Gasteiger partial charge in [-0.1, -0.05) is 11.8 Å². The second-order valence-electron chi connectivity index (χ2n) is 2.64. The first-order valence-corrected chi connectivity index (χ1v) is 5.24. The van der Waals surface area contributed by atoms with Crippen LogP contribution in [0.25, 0.3) is 0 Å². The SMILES string of the molecule is CCOC(=O)C(F)Sc1ccc(F)cc1. The van der Waals surface area contributed by atoms with E-state index in [1.165, 1.54) is 24.3 Å². The molecule has 1 unspecified atom stereocenters. The summed E-state index contributed by atoms with van der Waals surface area (Å²) in [5.74, 6) is -1.31. The minimum Gasteiger partial charge on any atom is -0.463 e. The first kappa shape index (κ1) is 12.0. The monoisotopic (exact) mass is 232 g/mol. The summed E-state index contributed by atoms with van der Waals surface area (Å²) < 4.78 is 30.2. The van der Waals surface area contributed by atoms with Gasteiger partial charge in [-0.05, 0) is 31.2 Å². The summed E-state index contributed by atoms with van der Waals surface area (Å²) in [5.41, 5.74) is -1.77. The maximum absolute atomic E-state index is 13.2. The summed E-state index contributed by atoms with van der Waals surface area (Å²) in [7, 11) is 0.